The summed E-state index contributed by atoms with van der Waals surface area (Å²) < 4.78 is 25.7. The van der Waals surface area contributed by atoms with E-state index in [2.05, 4.69) is 0 Å². The van der Waals surface area contributed by atoms with E-state index in [1.165, 1.54) is 11.4 Å². The Hall–Kier alpha value is -1.38. The average molecular weight is 252 g/mol. The molecule has 0 amide bonds. The van der Waals surface area contributed by atoms with Crippen LogP contribution in [0.3, 0.4) is 0 Å². The van der Waals surface area contributed by atoms with E-state index >= 15 is 0 Å². The van der Waals surface area contributed by atoms with Crippen LogP contribution in [0.2, 0.25) is 0 Å². The van der Waals surface area contributed by atoms with Crippen LogP contribution in [0.4, 0.5) is 0 Å². The number of hydrogen-bond acceptors (Lipinski definition) is 3. The lowest BCUT2D eigenvalue weighted by Gasteiger charge is -2.19. The Kier molecular flexibility index (Phi) is 4.27. The Balaban J connectivity index is 3.05. The van der Waals surface area contributed by atoms with E-state index in [1.54, 1.807) is 38.1 Å². The van der Waals surface area contributed by atoms with Gasteiger partial charge in [0.1, 0.15) is 0 Å². The first-order valence-electron chi connectivity index (χ1n) is 5.31. The highest BCUT2D eigenvalue weighted by Gasteiger charge is 2.23. The predicted molar refractivity (Wildman–Crippen MR) is 65.8 cm³/mol. The third-order valence-electron chi connectivity index (χ3n) is 2.53. The molecule has 0 N–H and O–H groups in total. The van der Waals surface area contributed by atoms with Crippen LogP contribution in [0.5, 0.6) is 0 Å². The summed E-state index contributed by atoms with van der Waals surface area (Å²) in [5.74, 6) is -0.321. The molecule has 0 bridgehead atoms. The normalized spacial score (nSPS) is 13.4. The third kappa shape index (κ3) is 3.05. The van der Waals surface area contributed by atoms with Gasteiger partial charge in [0, 0.05) is 13.6 Å². The zero-order chi connectivity index (χ0) is 13.1. The minimum absolute atomic E-state index is 0.202. The molecule has 1 rings (SSSR count). The van der Waals surface area contributed by atoms with E-state index in [4.69, 9.17) is 5.26 Å². The number of sulfonamides is 1. The van der Waals surface area contributed by atoms with E-state index in [1.807, 2.05) is 6.07 Å². The van der Waals surface area contributed by atoms with Gasteiger partial charge >= 0.3 is 0 Å². The standard InChI is InChI=1S/C12H16N2O2S/c1-10(8-13)9-14(3)17(15,16)12-7-5-4-6-11(12)2/h4-7,10H,9H2,1-3H3. The van der Waals surface area contributed by atoms with Gasteiger partial charge in [0.25, 0.3) is 0 Å². The lowest BCUT2D eigenvalue weighted by molar-refractivity contribution is 0.439. The second-order valence-electron chi connectivity index (χ2n) is 4.08. The molecule has 0 fully saturated rings. The number of benzene rings is 1. The summed E-state index contributed by atoms with van der Waals surface area (Å²) in [4.78, 5) is 0.299. The van der Waals surface area contributed by atoms with Crippen molar-refractivity contribution in [1.82, 2.24) is 4.31 Å². The summed E-state index contributed by atoms with van der Waals surface area (Å²) in [6.07, 6.45) is 0. The average Bonchev–Trinajstić information content (AvgIpc) is 2.29. The number of hydrogen-bond donors (Lipinski definition) is 0. The smallest absolute Gasteiger partial charge is 0.207 e. The fourth-order valence-corrected chi connectivity index (χ4v) is 3.02. The lowest BCUT2D eigenvalue weighted by atomic mass is 10.2. The molecule has 0 aromatic heterocycles. The first-order valence-corrected chi connectivity index (χ1v) is 6.75. The summed E-state index contributed by atoms with van der Waals surface area (Å²) in [6, 6.07) is 8.86. The maximum absolute atomic E-state index is 12.2. The van der Waals surface area contributed by atoms with Crippen LogP contribution in [-0.2, 0) is 10.0 Å². The van der Waals surface area contributed by atoms with Gasteiger partial charge in [0.2, 0.25) is 10.0 Å². The quantitative estimate of drug-likeness (QED) is 0.820. The van der Waals surface area contributed by atoms with E-state index in [0.29, 0.717) is 10.5 Å². The van der Waals surface area contributed by atoms with Crippen LogP contribution in [-0.4, -0.2) is 26.3 Å². The minimum atomic E-state index is -3.49. The zero-order valence-electron chi connectivity index (χ0n) is 10.2. The van der Waals surface area contributed by atoms with E-state index < -0.39 is 10.0 Å². The van der Waals surface area contributed by atoms with E-state index in [0.717, 1.165) is 0 Å². The van der Waals surface area contributed by atoms with Crippen molar-refractivity contribution in [1.29, 1.82) is 5.26 Å². The van der Waals surface area contributed by atoms with Crippen molar-refractivity contribution in [3.8, 4) is 6.07 Å². The minimum Gasteiger partial charge on any atom is -0.207 e. The molecule has 0 heterocycles. The molecule has 0 saturated heterocycles. The van der Waals surface area contributed by atoms with Crippen molar-refractivity contribution in [3.63, 3.8) is 0 Å². The molecule has 0 aliphatic rings. The van der Waals surface area contributed by atoms with E-state index in [-0.39, 0.29) is 12.5 Å². The largest absolute Gasteiger partial charge is 0.243 e. The molecule has 1 atom stereocenters. The molecular weight excluding hydrogens is 236 g/mol. The molecule has 92 valence electrons. The molecule has 1 aromatic carbocycles. The molecule has 0 saturated carbocycles. The van der Waals surface area contributed by atoms with Crippen LogP contribution in [0.25, 0.3) is 0 Å². The predicted octanol–water partition coefficient (Wildman–Crippen LogP) is 1.78. The molecule has 1 unspecified atom stereocenters. The van der Waals surface area contributed by atoms with Gasteiger partial charge in [-0.25, -0.2) is 8.42 Å². The highest BCUT2D eigenvalue weighted by molar-refractivity contribution is 7.89. The molecule has 0 aliphatic carbocycles. The summed E-state index contributed by atoms with van der Waals surface area (Å²) in [5.41, 5.74) is 0.712. The summed E-state index contributed by atoms with van der Waals surface area (Å²) in [5, 5.41) is 8.70. The molecule has 0 aliphatic heterocycles. The SMILES string of the molecule is Cc1ccccc1S(=O)(=O)N(C)CC(C)C#N. The van der Waals surface area contributed by atoms with Gasteiger partial charge in [-0.2, -0.15) is 9.57 Å². The Morgan fingerprint density at radius 1 is 1.41 bits per heavy atom. The highest BCUT2D eigenvalue weighted by Crippen LogP contribution is 2.18. The van der Waals surface area contributed by atoms with Crippen LogP contribution >= 0.6 is 0 Å². The Morgan fingerprint density at radius 3 is 2.53 bits per heavy atom. The summed E-state index contributed by atoms with van der Waals surface area (Å²) in [7, 11) is -2.00. The molecule has 4 nitrogen and oxygen atoms in total. The number of aryl methyl sites for hydroxylation is 1. The van der Waals surface area contributed by atoms with Gasteiger partial charge in [0.15, 0.2) is 0 Å². The maximum atomic E-state index is 12.2. The number of rotatable bonds is 4. The van der Waals surface area contributed by atoms with E-state index in [9.17, 15) is 8.42 Å². The fraction of sp³-hybridized carbons (Fsp3) is 0.417. The summed E-state index contributed by atoms with van der Waals surface area (Å²) >= 11 is 0. The molecular formula is C12H16N2O2S. The highest BCUT2D eigenvalue weighted by atomic mass is 32.2. The number of nitriles is 1. The molecule has 5 heteroatoms. The van der Waals surface area contributed by atoms with Crippen LogP contribution < -0.4 is 0 Å². The van der Waals surface area contributed by atoms with Crippen LogP contribution in [0.1, 0.15) is 12.5 Å². The monoisotopic (exact) mass is 252 g/mol. The van der Waals surface area contributed by atoms with Gasteiger partial charge in [-0.05, 0) is 25.5 Å². The Labute approximate surface area is 103 Å². The second-order valence-corrected chi connectivity index (χ2v) is 6.09. The summed E-state index contributed by atoms with van der Waals surface area (Å²) in [6.45, 7) is 3.66. The van der Waals surface area contributed by atoms with Crippen LogP contribution in [0.15, 0.2) is 29.2 Å². The van der Waals surface area contributed by atoms with Crippen molar-refractivity contribution in [3.05, 3.63) is 29.8 Å². The van der Waals surface area contributed by atoms with Gasteiger partial charge in [-0.15, -0.1) is 0 Å². The van der Waals surface area contributed by atoms with Crippen molar-refractivity contribution < 1.29 is 8.42 Å². The maximum Gasteiger partial charge on any atom is 0.243 e. The number of nitrogens with zero attached hydrogens (tertiary/aromatic N) is 2. The van der Waals surface area contributed by atoms with Crippen molar-refractivity contribution in [2.75, 3.05) is 13.6 Å². The van der Waals surface area contributed by atoms with Crippen molar-refractivity contribution in [2.45, 2.75) is 18.7 Å². The molecule has 0 spiro atoms. The van der Waals surface area contributed by atoms with Crippen LogP contribution in [0, 0.1) is 24.2 Å². The second kappa shape index (κ2) is 5.30. The van der Waals surface area contributed by atoms with Gasteiger partial charge in [0.05, 0.1) is 16.9 Å². The van der Waals surface area contributed by atoms with Crippen molar-refractivity contribution in [2.24, 2.45) is 5.92 Å². The van der Waals surface area contributed by atoms with Gasteiger partial charge in [-0.1, -0.05) is 18.2 Å². The van der Waals surface area contributed by atoms with Gasteiger partial charge < -0.3 is 0 Å². The zero-order valence-corrected chi connectivity index (χ0v) is 11.0. The Bertz CT molecular complexity index is 532. The first-order chi connectivity index (χ1) is 7.89. The lowest BCUT2D eigenvalue weighted by Crippen LogP contribution is -2.31. The molecule has 17 heavy (non-hydrogen) atoms. The molecule has 0 radical (unpaired) electrons. The topological polar surface area (TPSA) is 61.2 Å². The molecule has 1 aromatic rings. The third-order valence-corrected chi connectivity index (χ3v) is 4.52. The van der Waals surface area contributed by atoms with Gasteiger partial charge in [-0.3, -0.25) is 0 Å². The first kappa shape index (κ1) is 13.7. The van der Waals surface area contributed by atoms with Crippen molar-refractivity contribution >= 4 is 10.0 Å². The fourth-order valence-electron chi connectivity index (χ4n) is 1.54. The Morgan fingerprint density at radius 2 is 2.00 bits per heavy atom.